The Hall–Kier alpha value is -1.71. The van der Waals surface area contributed by atoms with Crippen LogP contribution >= 0.6 is 0 Å². The second-order valence-corrected chi connectivity index (χ2v) is 5.12. The third-order valence-electron chi connectivity index (χ3n) is 3.55. The number of rotatable bonds is 3. The van der Waals surface area contributed by atoms with Crippen LogP contribution in [0.1, 0.15) is 43.0 Å². The number of hydrogen-bond acceptors (Lipinski definition) is 3. The van der Waals surface area contributed by atoms with Crippen molar-refractivity contribution in [3.8, 4) is 5.75 Å². The molecule has 98 valence electrons. The molecule has 0 radical (unpaired) electrons. The number of ether oxygens (including phenoxy) is 1. The molecular weight excluding hydrogens is 228 g/mol. The first-order chi connectivity index (χ1) is 8.56. The highest BCUT2D eigenvalue weighted by molar-refractivity contribution is 5.94. The number of benzene rings is 1. The van der Waals surface area contributed by atoms with Gasteiger partial charge in [0.25, 0.3) is 0 Å². The third kappa shape index (κ3) is 2.94. The summed E-state index contributed by atoms with van der Waals surface area (Å²) >= 11 is 0. The number of primary amides is 1. The van der Waals surface area contributed by atoms with E-state index in [1.807, 2.05) is 0 Å². The predicted molar refractivity (Wildman–Crippen MR) is 71.4 cm³/mol. The van der Waals surface area contributed by atoms with Gasteiger partial charge < -0.3 is 16.2 Å². The first-order valence-electron chi connectivity index (χ1n) is 6.42. The van der Waals surface area contributed by atoms with Gasteiger partial charge in [0.05, 0.1) is 11.8 Å². The van der Waals surface area contributed by atoms with Crippen molar-refractivity contribution in [3.05, 3.63) is 23.8 Å². The van der Waals surface area contributed by atoms with Gasteiger partial charge in [-0.25, -0.2) is 0 Å². The van der Waals surface area contributed by atoms with Gasteiger partial charge in [-0.2, -0.15) is 0 Å². The van der Waals surface area contributed by atoms with Crippen molar-refractivity contribution < 1.29 is 9.53 Å². The van der Waals surface area contributed by atoms with E-state index in [2.05, 4.69) is 6.92 Å². The molecule has 4 heteroatoms. The van der Waals surface area contributed by atoms with E-state index in [0.29, 0.717) is 17.0 Å². The predicted octanol–water partition coefficient (Wildman–Crippen LogP) is 2.33. The molecular formula is C14H20N2O2. The summed E-state index contributed by atoms with van der Waals surface area (Å²) in [4.78, 5) is 11.0. The Morgan fingerprint density at radius 3 is 2.50 bits per heavy atom. The number of carbonyl (C=O) groups is 1. The molecule has 0 spiro atoms. The van der Waals surface area contributed by atoms with E-state index >= 15 is 0 Å². The summed E-state index contributed by atoms with van der Waals surface area (Å²) in [5.74, 6) is 0.971. The zero-order chi connectivity index (χ0) is 13.1. The van der Waals surface area contributed by atoms with E-state index in [4.69, 9.17) is 16.2 Å². The summed E-state index contributed by atoms with van der Waals surface area (Å²) < 4.78 is 5.89. The third-order valence-corrected chi connectivity index (χ3v) is 3.55. The molecule has 0 bridgehead atoms. The van der Waals surface area contributed by atoms with Crippen LogP contribution in [-0.4, -0.2) is 12.0 Å². The Balaban J connectivity index is 2.03. The normalized spacial score (nSPS) is 23.6. The van der Waals surface area contributed by atoms with Gasteiger partial charge in [-0.05, 0) is 49.8 Å². The molecule has 0 unspecified atom stereocenters. The van der Waals surface area contributed by atoms with Gasteiger partial charge in [0, 0.05) is 5.56 Å². The maximum Gasteiger partial charge on any atom is 0.248 e. The minimum absolute atomic E-state index is 0.239. The molecule has 0 heterocycles. The van der Waals surface area contributed by atoms with Crippen LogP contribution in [0.25, 0.3) is 0 Å². The lowest BCUT2D eigenvalue weighted by Gasteiger charge is -2.27. The van der Waals surface area contributed by atoms with Crippen molar-refractivity contribution in [3.63, 3.8) is 0 Å². The van der Waals surface area contributed by atoms with Crippen LogP contribution in [0.5, 0.6) is 5.75 Å². The lowest BCUT2D eigenvalue weighted by Crippen LogP contribution is -2.23. The Morgan fingerprint density at radius 1 is 1.28 bits per heavy atom. The number of nitrogens with two attached hydrogens (primary N) is 2. The monoisotopic (exact) mass is 248 g/mol. The van der Waals surface area contributed by atoms with Crippen molar-refractivity contribution >= 4 is 11.6 Å². The second-order valence-electron chi connectivity index (χ2n) is 5.12. The molecule has 0 saturated heterocycles. The standard InChI is InChI=1S/C14H20N2O2/c1-9-2-5-11(6-3-9)18-13-7-4-10(14(16)17)8-12(13)15/h4,7-9,11H,2-3,5-6,15H2,1H3,(H2,16,17). The van der Waals surface area contributed by atoms with Gasteiger partial charge >= 0.3 is 0 Å². The Kier molecular flexibility index (Phi) is 3.75. The molecule has 4 nitrogen and oxygen atoms in total. The average molecular weight is 248 g/mol. The van der Waals surface area contributed by atoms with Crippen molar-refractivity contribution in [2.45, 2.75) is 38.7 Å². The summed E-state index contributed by atoms with van der Waals surface area (Å²) in [5.41, 5.74) is 12.0. The highest BCUT2D eigenvalue weighted by atomic mass is 16.5. The molecule has 1 aromatic carbocycles. The SMILES string of the molecule is CC1CCC(Oc2ccc(C(N)=O)cc2N)CC1. The summed E-state index contributed by atoms with van der Waals surface area (Å²) in [6, 6.07) is 4.95. The molecule has 0 atom stereocenters. The lowest BCUT2D eigenvalue weighted by molar-refractivity contribution is 0.1000. The molecule has 1 fully saturated rings. The van der Waals surface area contributed by atoms with Gasteiger partial charge in [0.2, 0.25) is 5.91 Å². The van der Waals surface area contributed by atoms with Crippen LogP contribution < -0.4 is 16.2 Å². The fourth-order valence-corrected chi connectivity index (χ4v) is 2.34. The van der Waals surface area contributed by atoms with Crippen LogP contribution in [0.3, 0.4) is 0 Å². The molecule has 4 N–H and O–H groups in total. The Labute approximate surface area is 107 Å². The maximum absolute atomic E-state index is 11.0. The Morgan fingerprint density at radius 2 is 1.94 bits per heavy atom. The van der Waals surface area contributed by atoms with Crippen molar-refractivity contribution in [1.82, 2.24) is 0 Å². The van der Waals surface area contributed by atoms with Crippen molar-refractivity contribution in [1.29, 1.82) is 0 Å². The van der Waals surface area contributed by atoms with Crippen LogP contribution in [0.15, 0.2) is 18.2 Å². The highest BCUT2D eigenvalue weighted by Crippen LogP contribution is 2.30. The van der Waals surface area contributed by atoms with Crippen LogP contribution in [-0.2, 0) is 0 Å². The average Bonchev–Trinajstić information content (AvgIpc) is 2.34. The first kappa shape index (κ1) is 12.7. The number of amides is 1. The quantitative estimate of drug-likeness (QED) is 0.806. The second kappa shape index (κ2) is 5.29. The maximum atomic E-state index is 11.0. The van der Waals surface area contributed by atoms with Crippen molar-refractivity contribution in [2.24, 2.45) is 11.7 Å². The number of nitrogen functional groups attached to an aromatic ring is 1. The highest BCUT2D eigenvalue weighted by Gasteiger charge is 2.20. The smallest absolute Gasteiger partial charge is 0.248 e. The first-order valence-corrected chi connectivity index (χ1v) is 6.42. The van der Waals surface area contributed by atoms with E-state index < -0.39 is 5.91 Å². The summed E-state index contributed by atoms with van der Waals surface area (Å²) in [5, 5.41) is 0. The van der Waals surface area contributed by atoms with Crippen LogP contribution in [0.4, 0.5) is 5.69 Å². The summed E-state index contributed by atoms with van der Waals surface area (Å²) in [7, 11) is 0. The molecule has 1 aromatic rings. The molecule has 18 heavy (non-hydrogen) atoms. The zero-order valence-corrected chi connectivity index (χ0v) is 10.7. The van der Waals surface area contributed by atoms with Crippen LogP contribution in [0.2, 0.25) is 0 Å². The summed E-state index contributed by atoms with van der Waals surface area (Å²) in [6.07, 6.45) is 4.77. The van der Waals surface area contributed by atoms with Crippen LogP contribution in [0, 0.1) is 5.92 Å². The van der Waals surface area contributed by atoms with Gasteiger partial charge in [-0.3, -0.25) is 4.79 Å². The minimum Gasteiger partial charge on any atom is -0.488 e. The fourth-order valence-electron chi connectivity index (χ4n) is 2.34. The van der Waals surface area contributed by atoms with E-state index in [1.54, 1.807) is 18.2 Å². The van der Waals surface area contributed by atoms with Gasteiger partial charge in [0.1, 0.15) is 5.75 Å². The van der Waals surface area contributed by atoms with Gasteiger partial charge in [-0.15, -0.1) is 0 Å². The zero-order valence-electron chi connectivity index (χ0n) is 10.7. The number of anilines is 1. The minimum atomic E-state index is -0.472. The molecule has 0 aliphatic heterocycles. The molecule has 1 amide bonds. The fraction of sp³-hybridized carbons (Fsp3) is 0.500. The van der Waals surface area contributed by atoms with Gasteiger partial charge in [-0.1, -0.05) is 6.92 Å². The van der Waals surface area contributed by atoms with Crippen molar-refractivity contribution in [2.75, 3.05) is 5.73 Å². The van der Waals surface area contributed by atoms with E-state index in [9.17, 15) is 4.79 Å². The van der Waals surface area contributed by atoms with E-state index in [0.717, 1.165) is 18.8 Å². The van der Waals surface area contributed by atoms with Gasteiger partial charge in [0.15, 0.2) is 0 Å². The number of carbonyl (C=O) groups excluding carboxylic acids is 1. The molecule has 2 rings (SSSR count). The molecule has 0 aromatic heterocycles. The Bertz CT molecular complexity index is 437. The van der Waals surface area contributed by atoms with E-state index in [1.165, 1.54) is 12.8 Å². The molecule has 1 saturated carbocycles. The topological polar surface area (TPSA) is 78.3 Å². The molecule has 1 aliphatic rings. The van der Waals surface area contributed by atoms with E-state index in [-0.39, 0.29) is 6.10 Å². The molecule has 1 aliphatic carbocycles. The largest absolute Gasteiger partial charge is 0.488 e. The lowest BCUT2D eigenvalue weighted by atomic mass is 9.89. The summed E-state index contributed by atoms with van der Waals surface area (Å²) in [6.45, 7) is 2.27. The number of hydrogen-bond donors (Lipinski definition) is 2.